The third kappa shape index (κ3) is 3.29. The van der Waals surface area contributed by atoms with Gasteiger partial charge in [-0.15, -0.1) is 0 Å². The largest absolute Gasteiger partial charge is 0.333 e. The molecule has 1 saturated heterocycles. The molecule has 1 aromatic rings. The fraction of sp³-hybridized carbons (Fsp3) is 0.455. The highest BCUT2D eigenvalue weighted by molar-refractivity contribution is 7.91. The summed E-state index contributed by atoms with van der Waals surface area (Å²) in [5, 5.41) is 2.26. The lowest BCUT2D eigenvalue weighted by Crippen LogP contribution is -2.44. The number of hydrogen-bond acceptors (Lipinski definition) is 6. The van der Waals surface area contributed by atoms with Gasteiger partial charge in [0.25, 0.3) is 0 Å². The molecule has 108 valence electrons. The lowest BCUT2D eigenvalue weighted by Gasteiger charge is -2.22. The summed E-state index contributed by atoms with van der Waals surface area (Å²) in [5.41, 5.74) is 0. The first-order chi connectivity index (χ1) is 9.39. The minimum absolute atomic E-state index is 0.0262. The van der Waals surface area contributed by atoms with Crippen molar-refractivity contribution in [1.82, 2.24) is 14.9 Å². The predicted molar refractivity (Wildman–Crippen MR) is 70.5 cm³/mol. The number of amides is 2. The van der Waals surface area contributed by atoms with Gasteiger partial charge in [0.05, 0.1) is 11.5 Å². The molecule has 20 heavy (non-hydrogen) atoms. The van der Waals surface area contributed by atoms with E-state index in [0.717, 1.165) is 4.90 Å². The van der Waals surface area contributed by atoms with E-state index in [1.54, 1.807) is 6.07 Å². The predicted octanol–water partition coefficient (Wildman–Crippen LogP) is -0.939. The molecule has 0 radical (unpaired) electrons. The van der Waals surface area contributed by atoms with Crippen LogP contribution in [0.1, 0.15) is 6.42 Å². The van der Waals surface area contributed by atoms with Gasteiger partial charge in [0.15, 0.2) is 9.84 Å². The number of rotatable bonds is 2. The maximum Gasteiger partial charge on any atom is 0.316 e. The topological polar surface area (TPSA) is 109 Å². The fourth-order valence-corrected chi connectivity index (χ4v) is 3.70. The molecule has 1 N–H and O–H groups in total. The van der Waals surface area contributed by atoms with Crippen LogP contribution in [-0.2, 0) is 19.4 Å². The van der Waals surface area contributed by atoms with Gasteiger partial charge in [0, 0.05) is 25.5 Å². The normalized spacial score (nSPS) is 20.4. The zero-order chi connectivity index (χ0) is 14.8. The second-order valence-corrected chi connectivity index (χ2v) is 6.73. The highest BCUT2D eigenvalue weighted by Gasteiger charge is 2.34. The molecule has 1 unspecified atom stereocenters. The SMILES string of the molecule is CN(C(=O)C(=O)Nc1ncccn1)C1CCS(=O)(=O)C1. The summed E-state index contributed by atoms with van der Waals surface area (Å²) >= 11 is 0. The third-order valence-electron chi connectivity index (χ3n) is 3.06. The minimum atomic E-state index is -3.11. The van der Waals surface area contributed by atoms with Gasteiger partial charge in [0.1, 0.15) is 0 Å². The molecule has 2 rings (SSSR count). The molecule has 0 saturated carbocycles. The molecule has 1 aromatic heterocycles. The first-order valence-electron chi connectivity index (χ1n) is 5.94. The van der Waals surface area contributed by atoms with Crippen molar-refractivity contribution < 1.29 is 18.0 Å². The summed E-state index contributed by atoms with van der Waals surface area (Å²) in [4.78, 5) is 32.3. The van der Waals surface area contributed by atoms with Crippen LogP contribution in [0.5, 0.6) is 0 Å². The Kier molecular flexibility index (Phi) is 3.98. The van der Waals surface area contributed by atoms with E-state index in [1.165, 1.54) is 19.4 Å². The summed E-state index contributed by atoms with van der Waals surface area (Å²) in [7, 11) is -1.69. The van der Waals surface area contributed by atoms with Crippen LogP contribution in [0, 0.1) is 0 Å². The summed E-state index contributed by atoms with van der Waals surface area (Å²) in [6.07, 6.45) is 3.21. The molecule has 2 amide bonds. The van der Waals surface area contributed by atoms with E-state index in [4.69, 9.17) is 0 Å². The van der Waals surface area contributed by atoms with E-state index in [9.17, 15) is 18.0 Å². The number of anilines is 1. The van der Waals surface area contributed by atoms with Gasteiger partial charge >= 0.3 is 11.8 Å². The van der Waals surface area contributed by atoms with Crippen molar-refractivity contribution in [3.63, 3.8) is 0 Å². The molecule has 2 heterocycles. The number of carbonyl (C=O) groups is 2. The van der Waals surface area contributed by atoms with Crippen LogP contribution >= 0.6 is 0 Å². The van der Waals surface area contributed by atoms with E-state index in [1.807, 2.05) is 0 Å². The van der Waals surface area contributed by atoms with Gasteiger partial charge < -0.3 is 4.90 Å². The monoisotopic (exact) mass is 298 g/mol. The molecule has 0 aliphatic carbocycles. The van der Waals surface area contributed by atoms with Gasteiger partial charge in [-0.1, -0.05) is 0 Å². The van der Waals surface area contributed by atoms with Gasteiger partial charge in [-0.05, 0) is 12.5 Å². The van der Waals surface area contributed by atoms with Gasteiger partial charge in [-0.3, -0.25) is 14.9 Å². The Labute approximate surface area is 116 Å². The molecule has 1 aliphatic rings. The first kappa shape index (κ1) is 14.4. The van der Waals surface area contributed by atoms with E-state index >= 15 is 0 Å². The summed E-state index contributed by atoms with van der Waals surface area (Å²) in [5.74, 6) is -1.73. The number of aromatic nitrogens is 2. The number of nitrogens with one attached hydrogen (secondary N) is 1. The van der Waals surface area contributed by atoms with Crippen molar-refractivity contribution in [3.05, 3.63) is 18.5 Å². The van der Waals surface area contributed by atoms with E-state index in [2.05, 4.69) is 15.3 Å². The molecule has 1 aliphatic heterocycles. The van der Waals surface area contributed by atoms with Gasteiger partial charge in [-0.25, -0.2) is 18.4 Å². The smallest absolute Gasteiger partial charge is 0.316 e. The molecule has 0 bridgehead atoms. The first-order valence-corrected chi connectivity index (χ1v) is 7.77. The van der Waals surface area contributed by atoms with Crippen LogP contribution in [0.25, 0.3) is 0 Å². The van der Waals surface area contributed by atoms with E-state index < -0.39 is 27.7 Å². The third-order valence-corrected chi connectivity index (χ3v) is 4.81. The average Bonchev–Trinajstić information content (AvgIpc) is 2.78. The Balaban J connectivity index is 1.99. The molecule has 0 aromatic carbocycles. The quantitative estimate of drug-likeness (QED) is 0.706. The maximum absolute atomic E-state index is 11.9. The maximum atomic E-state index is 11.9. The van der Waals surface area contributed by atoms with Crippen molar-refractivity contribution in [2.45, 2.75) is 12.5 Å². The van der Waals surface area contributed by atoms with Crippen molar-refractivity contribution >= 4 is 27.6 Å². The van der Waals surface area contributed by atoms with E-state index in [0.29, 0.717) is 6.42 Å². The van der Waals surface area contributed by atoms with Crippen LogP contribution in [0.3, 0.4) is 0 Å². The molecule has 8 nitrogen and oxygen atoms in total. The highest BCUT2D eigenvalue weighted by Crippen LogP contribution is 2.16. The second-order valence-electron chi connectivity index (χ2n) is 4.50. The number of likely N-dealkylation sites (N-methyl/N-ethyl adjacent to an activating group) is 1. The van der Waals surface area contributed by atoms with Gasteiger partial charge in [-0.2, -0.15) is 0 Å². The lowest BCUT2D eigenvalue weighted by atomic mass is 10.2. The number of hydrogen-bond donors (Lipinski definition) is 1. The van der Waals surface area contributed by atoms with Crippen molar-refractivity contribution in [3.8, 4) is 0 Å². The van der Waals surface area contributed by atoms with Crippen LogP contribution in [-0.4, -0.2) is 59.7 Å². The Hall–Kier alpha value is -2.03. The molecule has 1 atom stereocenters. The lowest BCUT2D eigenvalue weighted by molar-refractivity contribution is -0.143. The molecular formula is C11H14N4O4S. The van der Waals surface area contributed by atoms with E-state index in [-0.39, 0.29) is 17.5 Å². The number of carbonyl (C=O) groups excluding carboxylic acids is 2. The summed E-state index contributed by atoms with van der Waals surface area (Å²) in [6, 6.07) is 1.11. The Morgan fingerprint density at radius 3 is 2.55 bits per heavy atom. The van der Waals surface area contributed by atoms with Crippen LogP contribution in [0.2, 0.25) is 0 Å². The summed E-state index contributed by atoms with van der Waals surface area (Å²) in [6.45, 7) is 0. The van der Waals surface area contributed by atoms with Crippen molar-refractivity contribution in [1.29, 1.82) is 0 Å². The summed E-state index contributed by atoms with van der Waals surface area (Å²) < 4.78 is 22.7. The molecule has 0 spiro atoms. The average molecular weight is 298 g/mol. The zero-order valence-electron chi connectivity index (χ0n) is 10.8. The molecule has 9 heteroatoms. The van der Waals surface area contributed by atoms with Crippen LogP contribution < -0.4 is 5.32 Å². The minimum Gasteiger partial charge on any atom is -0.333 e. The standard InChI is InChI=1S/C11H14N4O4S/c1-15(8-3-6-20(18,19)7-8)10(17)9(16)14-11-12-4-2-5-13-11/h2,4-5,8H,3,6-7H2,1H3,(H,12,13,14,16). The molecule has 1 fully saturated rings. The Bertz CT molecular complexity index is 617. The fourth-order valence-electron chi connectivity index (χ4n) is 1.93. The molecular weight excluding hydrogens is 284 g/mol. The van der Waals surface area contributed by atoms with Crippen molar-refractivity contribution in [2.24, 2.45) is 0 Å². The van der Waals surface area contributed by atoms with Crippen molar-refractivity contribution in [2.75, 3.05) is 23.9 Å². The number of sulfone groups is 1. The van der Waals surface area contributed by atoms with Crippen LogP contribution in [0.15, 0.2) is 18.5 Å². The Morgan fingerprint density at radius 1 is 1.35 bits per heavy atom. The van der Waals surface area contributed by atoms with Gasteiger partial charge in [0.2, 0.25) is 5.95 Å². The second kappa shape index (κ2) is 5.53. The highest BCUT2D eigenvalue weighted by atomic mass is 32.2. The van der Waals surface area contributed by atoms with Crippen LogP contribution in [0.4, 0.5) is 5.95 Å². The Morgan fingerprint density at radius 2 is 2.00 bits per heavy atom. The number of nitrogens with zero attached hydrogens (tertiary/aromatic N) is 3. The zero-order valence-corrected chi connectivity index (χ0v) is 11.6.